The number of carbonyl (C=O) groups excluding carboxylic acids is 2. The van der Waals surface area contributed by atoms with Gasteiger partial charge in [0.15, 0.2) is 0 Å². The van der Waals surface area contributed by atoms with Gasteiger partial charge in [-0.3, -0.25) is 14.2 Å². The lowest BCUT2D eigenvalue weighted by Crippen LogP contribution is -2.55. The summed E-state index contributed by atoms with van der Waals surface area (Å²) in [6, 6.07) is -1.42. The third kappa shape index (κ3) is 7.07. The van der Waals surface area contributed by atoms with Gasteiger partial charge in [0, 0.05) is 18.5 Å². The van der Waals surface area contributed by atoms with Crippen LogP contribution in [0.5, 0.6) is 0 Å². The van der Waals surface area contributed by atoms with Gasteiger partial charge in [-0.25, -0.2) is 10.3 Å². The number of hydrogen-bond acceptors (Lipinski definition) is 7. The Morgan fingerprint density at radius 1 is 1.21 bits per heavy atom. The molecule has 0 bridgehead atoms. The summed E-state index contributed by atoms with van der Waals surface area (Å²) >= 11 is 0. The number of hydrogen-bond donors (Lipinski definition) is 4. The predicted octanol–water partition coefficient (Wildman–Crippen LogP) is 0.890. The van der Waals surface area contributed by atoms with Crippen molar-refractivity contribution in [2.75, 3.05) is 13.1 Å². The van der Waals surface area contributed by atoms with Gasteiger partial charge < -0.3 is 10.2 Å². The average Bonchev–Trinajstić information content (AvgIpc) is 2.69. The SMILES string of the molecule is CCC[C@@H](C(=O)NOC1CCCC2NCCCC21)N(CC)C(=O)NOS(=O)(=O)O. The summed E-state index contributed by atoms with van der Waals surface area (Å²) in [6.45, 7) is 4.63. The van der Waals surface area contributed by atoms with E-state index in [9.17, 15) is 18.0 Å². The first kappa shape index (κ1) is 23.8. The molecule has 12 heteroatoms. The molecule has 1 aliphatic heterocycles. The van der Waals surface area contributed by atoms with Crippen LogP contribution in [0.1, 0.15) is 58.8 Å². The van der Waals surface area contributed by atoms with Crippen molar-refractivity contribution in [2.45, 2.75) is 77.0 Å². The minimum Gasteiger partial charge on any atom is -0.314 e. The molecule has 3 amide bonds. The number of hydroxylamine groups is 2. The zero-order valence-electron chi connectivity index (χ0n) is 16.9. The molecule has 168 valence electrons. The molecular formula is C17H32N4O7S. The van der Waals surface area contributed by atoms with Crippen molar-refractivity contribution in [2.24, 2.45) is 5.92 Å². The molecule has 1 heterocycles. The van der Waals surface area contributed by atoms with Crippen molar-refractivity contribution in [3.05, 3.63) is 0 Å². The number of carbonyl (C=O) groups is 2. The predicted molar refractivity (Wildman–Crippen MR) is 104 cm³/mol. The van der Waals surface area contributed by atoms with Gasteiger partial charge >= 0.3 is 16.4 Å². The monoisotopic (exact) mass is 436 g/mol. The van der Waals surface area contributed by atoms with Gasteiger partial charge in [0.2, 0.25) is 0 Å². The van der Waals surface area contributed by atoms with Crippen LogP contribution in [0, 0.1) is 5.92 Å². The summed E-state index contributed by atoms with van der Waals surface area (Å²) < 4.78 is 33.8. The van der Waals surface area contributed by atoms with E-state index in [0.717, 1.165) is 43.5 Å². The molecule has 1 saturated carbocycles. The summed E-state index contributed by atoms with van der Waals surface area (Å²) in [5.41, 5.74) is 4.15. The van der Waals surface area contributed by atoms with Gasteiger partial charge in [0.25, 0.3) is 5.91 Å². The van der Waals surface area contributed by atoms with Crippen molar-refractivity contribution >= 4 is 22.3 Å². The minimum absolute atomic E-state index is 0.0838. The molecule has 0 spiro atoms. The van der Waals surface area contributed by atoms with Crippen molar-refractivity contribution in [3.8, 4) is 0 Å². The van der Waals surface area contributed by atoms with Crippen LogP contribution in [0.4, 0.5) is 4.79 Å². The highest BCUT2D eigenvalue weighted by Gasteiger charge is 2.37. The normalized spacial score (nSPS) is 25.6. The molecule has 0 aromatic heterocycles. The second-order valence-electron chi connectivity index (χ2n) is 7.43. The molecule has 4 atom stereocenters. The van der Waals surface area contributed by atoms with Crippen LogP contribution in [0.3, 0.4) is 0 Å². The Kier molecular flexibility index (Phi) is 9.08. The summed E-state index contributed by atoms with van der Waals surface area (Å²) in [4.78, 5) is 31.9. The highest BCUT2D eigenvalue weighted by molar-refractivity contribution is 7.80. The number of amides is 3. The fourth-order valence-corrected chi connectivity index (χ4v) is 4.37. The van der Waals surface area contributed by atoms with Crippen molar-refractivity contribution in [3.63, 3.8) is 0 Å². The summed E-state index contributed by atoms with van der Waals surface area (Å²) in [7, 11) is -4.85. The molecule has 11 nitrogen and oxygen atoms in total. The van der Waals surface area contributed by atoms with Crippen LogP contribution in [0.15, 0.2) is 0 Å². The van der Waals surface area contributed by atoms with Crippen LogP contribution in [0.25, 0.3) is 0 Å². The standard InChI is InChI=1S/C17H32N4O7S/c1-3-7-14(21(4-2)17(23)20-28-29(24,25)26)16(22)19-27-15-10-5-9-13-12(15)8-6-11-18-13/h12-15,18H,3-11H2,1-2H3,(H,19,22)(H,20,23)(H,24,25,26)/t12?,13?,14-,15?/m0/s1. The van der Waals surface area contributed by atoms with Gasteiger partial charge in [-0.15, -0.1) is 4.28 Å². The van der Waals surface area contributed by atoms with E-state index in [0.29, 0.717) is 24.8 Å². The molecule has 29 heavy (non-hydrogen) atoms. The molecule has 1 aliphatic carbocycles. The van der Waals surface area contributed by atoms with E-state index in [1.165, 1.54) is 0 Å². The van der Waals surface area contributed by atoms with E-state index in [4.69, 9.17) is 9.39 Å². The van der Waals surface area contributed by atoms with Crippen LogP contribution in [-0.4, -0.2) is 61.1 Å². The fraction of sp³-hybridized carbons (Fsp3) is 0.882. The number of rotatable bonds is 9. The lowest BCUT2D eigenvalue weighted by atomic mass is 9.77. The lowest BCUT2D eigenvalue weighted by molar-refractivity contribution is -0.150. The van der Waals surface area contributed by atoms with Crippen molar-refractivity contribution in [1.29, 1.82) is 0 Å². The first-order valence-corrected chi connectivity index (χ1v) is 11.5. The Morgan fingerprint density at radius 2 is 1.97 bits per heavy atom. The van der Waals surface area contributed by atoms with Crippen LogP contribution in [0.2, 0.25) is 0 Å². The van der Waals surface area contributed by atoms with Crippen molar-refractivity contribution in [1.82, 2.24) is 21.2 Å². The highest BCUT2D eigenvalue weighted by atomic mass is 32.3. The highest BCUT2D eigenvalue weighted by Crippen LogP contribution is 2.32. The quantitative estimate of drug-likeness (QED) is 0.308. The van der Waals surface area contributed by atoms with Crippen LogP contribution < -0.4 is 16.3 Å². The number of urea groups is 1. The topological polar surface area (TPSA) is 146 Å². The van der Waals surface area contributed by atoms with E-state index >= 15 is 0 Å². The molecule has 2 rings (SSSR count). The first-order chi connectivity index (χ1) is 13.8. The summed E-state index contributed by atoms with van der Waals surface area (Å²) in [5, 5.41) is 3.51. The fourth-order valence-electron chi connectivity index (χ4n) is 4.19. The van der Waals surface area contributed by atoms with E-state index in [1.807, 2.05) is 6.92 Å². The molecule has 4 N–H and O–H groups in total. The Bertz CT molecular complexity index is 658. The maximum Gasteiger partial charge on any atom is 0.418 e. The number of likely N-dealkylation sites (N-methyl/N-ethyl adjacent to an activating group) is 1. The molecule has 0 aromatic rings. The molecule has 2 fully saturated rings. The average molecular weight is 437 g/mol. The number of piperidine rings is 1. The molecule has 1 saturated heterocycles. The zero-order chi connectivity index (χ0) is 21.4. The molecule has 0 aromatic carbocycles. The maximum atomic E-state index is 12.8. The Balaban J connectivity index is 1.96. The number of nitrogens with zero attached hydrogens (tertiary/aromatic N) is 1. The smallest absolute Gasteiger partial charge is 0.314 e. The maximum absolute atomic E-state index is 12.8. The van der Waals surface area contributed by atoms with E-state index < -0.39 is 28.4 Å². The molecule has 3 unspecified atom stereocenters. The van der Waals surface area contributed by atoms with Gasteiger partial charge in [0.1, 0.15) is 6.04 Å². The van der Waals surface area contributed by atoms with Gasteiger partial charge in [-0.1, -0.05) is 13.3 Å². The minimum atomic E-state index is -4.85. The second-order valence-corrected chi connectivity index (χ2v) is 8.45. The lowest BCUT2D eigenvalue weighted by Gasteiger charge is -2.41. The third-order valence-electron chi connectivity index (χ3n) is 5.51. The molecular weight excluding hydrogens is 404 g/mol. The third-order valence-corrected chi connectivity index (χ3v) is 5.80. The molecule has 0 radical (unpaired) electrons. The number of fused-ring (bicyclic) bond motifs is 1. The van der Waals surface area contributed by atoms with E-state index in [2.05, 4.69) is 15.1 Å². The van der Waals surface area contributed by atoms with E-state index in [1.54, 1.807) is 12.4 Å². The second kappa shape index (κ2) is 11.1. The zero-order valence-corrected chi connectivity index (χ0v) is 17.7. The largest absolute Gasteiger partial charge is 0.418 e. The van der Waals surface area contributed by atoms with Gasteiger partial charge in [-0.05, 0) is 52.0 Å². The Morgan fingerprint density at radius 3 is 2.62 bits per heavy atom. The summed E-state index contributed by atoms with van der Waals surface area (Å²) in [5.74, 6) is -0.141. The van der Waals surface area contributed by atoms with E-state index in [-0.39, 0.29) is 12.6 Å². The Hall–Kier alpha value is -1.47. The molecule has 2 aliphatic rings. The van der Waals surface area contributed by atoms with Gasteiger partial charge in [0.05, 0.1) is 6.10 Å². The van der Waals surface area contributed by atoms with Crippen LogP contribution in [-0.2, 0) is 24.3 Å². The van der Waals surface area contributed by atoms with Gasteiger partial charge in [-0.2, -0.15) is 13.9 Å². The van der Waals surface area contributed by atoms with Crippen molar-refractivity contribution < 1.29 is 31.7 Å². The summed E-state index contributed by atoms with van der Waals surface area (Å²) in [6.07, 6.45) is 5.98. The Labute approximate surface area is 171 Å². The number of nitrogens with one attached hydrogen (secondary N) is 3. The first-order valence-electron chi connectivity index (χ1n) is 10.2. The van der Waals surface area contributed by atoms with Crippen LogP contribution >= 0.6 is 0 Å².